The molecule has 0 spiro atoms. The fourth-order valence-electron chi connectivity index (χ4n) is 2.79. The number of carbonyl (C=O) groups is 1. The van der Waals surface area contributed by atoms with Crippen LogP contribution in [0.5, 0.6) is 23.0 Å². The summed E-state index contributed by atoms with van der Waals surface area (Å²) in [5.74, 6) is 1.49. The molecule has 3 rings (SSSR count). The first-order valence-corrected chi connectivity index (χ1v) is 7.47. The Morgan fingerprint density at radius 2 is 1.71 bits per heavy atom. The SMILES string of the molecule is COc1cc2c(c(OC)c1OC)C(=Cc1ccccc1)CC(=O)O2. The second-order valence-corrected chi connectivity index (χ2v) is 5.25. The van der Waals surface area contributed by atoms with E-state index in [0.29, 0.717) is 28.6 Å². The van der Waals surface area contributed by atoms with Gasteiger partial charge in [0.15, 0.2) is 11.5 Å². The summed E-state index contributed by atoms with van der Waals surface area (Å²) in [5, 5.41) is 0. The highest BCUT2D eigenvalue weighted by Crippen LogP contribution is 2.50. The molecule has 0 saturated heterocycles. The molecule has 0 atom stereocenters. The number of fused-ring (bicyclic) bond motifs is 1. The van der Waals surface area contributed by atoms with Crippen molar-refractivity contribution in [3.8, 4) is 23.0 Å². The van der Waals surface area contributed by atoms with Crippen LogP contribution in [-0.4, -0.2) is 27.3 Å². The molecule has 0 radical (unpaired) electrons. The highest BCUT2D eigenvalue weighted by atomic mass is 16.5. The maximum absolute atomic E-state index is 12.0. The number of ether oxygens (including phenoxy) is 4. The molecule has 2 aromatic carbocycles. The monoisotopic (exact) mass is 326 g/mol. The highest BCUT2D eigenvalue weighted by molar-refractivity contribution is 6.00. The third-order valence-corrected chi connectivity index (χ3v) is 3.81. The van der Waals surface area contributed by atoms with E-state index in [4.69, 9.17) is 18.9 Å². The minimum absolute atomic E-state index is 0.160. The summed E-state index contributed by atoms with van der Waals surface area (Å²) >= 11 is 0. The summed E-state index contributed by atoms with van der Waals surface area (Å²) in [4.78, 5) is 12.0. The summed E-state index contributed by atoms with van der Waals surface area (Å²) in [6.07, 6.45) is 2.11. The molecule has 0 N–H and O–H groups in total. The molecule has 1 aliphatic heterocycles. The largest absolute Gasteiger partial charge is 0.493 e. The lowest BCUT2D eigenvalue weighted by Gasteiger charge is -2.24. The van der Waals surface area contributed by atoms with Crippen molar-refractivity contribution < 1.29 is 23.7 Å². The third kappa shape index (κ3) is 2.80. The van der Waals surface area contributed by atoms with Crippen molar-refractivity contribution in [1.82, 2.24) is 0 Å². The molecule has 0 bridgehead atoms. The van der Waals surface area contributed by atoms with Crippen molar-refractivity contribution in [3.05, 3.63) is 47.5 Å². The minimum atomic E-state index is -0.320. The standard InChI is InChI=1S/C19H18O5/c1-21-15-11-14-17(19(23-3)18(15)22-2)13(10-16(20)24-14)9-12-7-5-4-6-8-12/h4-9,11H,10H2,1-3H3. The normalized spacial score (nSPS) is 14.8. The maximum atomic E-state index is 12.0. The van der Waals surface area contributed by atoms with Gasteiger partial charge < -0.3 is 18.9 Å². The molecule has 124 valence electrons. The van der Waals surface area contributed by atoms with Crippen molar-refractivity contribution in [3.63, 3.8) is 0 Å². The Hall–Kier alpha value is -2.95. The predicted molar refractivity (Wildman–Crippen MR) is 90.7 cm³/mol. The first-order chi connectivity index (χ1) is 11.7. The molecule has 0 unspecified atom stereocenters. The average Bonchev–Trinajstić information content (AvgIpc) is 2.60. The van der Waals surface area contributed by atoms with Gasteiger partial charge in [-0.3, -0.25) is 4.79 Å². The van der Waals surface area contributed by atoms with Crippen molar-refractivity contribution in [2.45, 2.75) is 6.42 Å². The second kappa shape index (κ2) is 6.66. The van der Waals surface area contributed by atoms with Crippen LogP contribution in [0.4, 0.5) is 0 Å². The van der Waals surface area contributed by atoms with Crippen LogP contribution in [0.25, 0.3) is 11.6 Å². The van der Waals surface area contributed by atoms with E-state index >= 15 is 0 Å². The van der Waals surface area contributed by atoms with Gasteiger partial charge in [-0.2, -0.15) is 0 Å². The molecule has 0 aliphatic carbocycles. The summed E-state index contributed by atoms with van der Waals surface area (Å²) in [7, 11) is 4.62. The van der Waals surface area contributed by atoms with Gasteiger partial charge in [-0.1, -0.05) is 36.4 Å². The number of hydrogen-bond acceptors (Lipinski definition) is 5. The number of rotatable bonds is 4. The zero-order valence-corrected chi connectivity index (χ0v) is 13.8. The first-order valence-electron chi connectivity index (χ1n) is 7.47. The predicted octanol–water partition coefficient (Wildman–Crippen LogP) is 3.56. The van der Waals surface area contributed by atoms with Crippen molar-refractivity contribution in [1.29, 1.82) is 0 Å². The van der Waals surface area contributed by atoms with Gasteiger partial charge in [0.25, 0.3) is 0 Å². The molecule has 0 fully saturated rings. The molecule has 0 saturated carbocycles. The summed E-state index contributed by atoms with van der Waals surface area (Å²) in [6.45, 7) is 0. The summed E-state index contributed by atoms with van der Waals surface area (Å²) in [6, 6.07) is 11.4. The number of methoxy groups -OCH3 is 3. The van der Waals surface area contributed by atoms with Crippen LogP contribution in [0.3, 0.4) is 0 Å². The molecule has 0 aromatic heterocycles. The van der Waals surface area contributed by atoms with Gasteiger partial charge in [0.2, 0.25) is 5.75 Å². The topological polar surface area (TPSA) is 54.0 Å². The Morgan fingerprint density at radius 1 is 1.00 bits per heavy atom. The summed E-state index contributed by atoms with van der Waals surface area (Å²) < 4.78 is 21.7. The average molecular weight is 326 g/mol. The molecule has 2 aromatic rings. The number of esters is 1. The van der Waals surface area contributed by atoms with E-state index in [2.05, 4.69) is 0 Å². The third-order valence-electron chi connectivity index (χ3n) is 3.81. The Balaban J connectivity index is 2.24. The van der Waals surface area contributed by atoms with Gasteiger partial charge in [0, 0.05) is 6.07 Å². The Labute approximate surface area is 140 Å². The van der Waals surface area contributed by atoms with Crippen LogP contribution >= 0.6 is 0 Å². The van der Waals surface area contributed by atoms with Crippen molar-refractivity contribution in [2.75, 3.05) is 21.3 Å². The second-order valence-electron chi connectivity index (χ2n) is 5.25. The lowest BCUT2D eigenvalue weighted by molar-refractivity contribution is -0.133. The van der Waals surface area contributed by atoms with E-state index in [-0.39, 0.29) is 12.4 Å². The fourth-order valence-corrected chi connectivity index (χ4v) is 2.79. The van der Waals surface area contributed by atoms with Crippen LogP contribution < -0.4 is 18.9 Å². The van der Waals surface area contributed by atoms with E-state index < -0.39 is 0 Å². The van der Waals surface area contributed by atoms with Crippen LogP contribution in [-0.2, 0) is 4.79 Å². The Bertz CT molecular complexity index is 793. The van der Waals surface area contributed by atoms with E-state index in [9.17, 15) is 4.79 Å². The zero-order valence-electron chi connectivity index (χ0n) is 13.8. The number of carbonyl (C=O) groups excluding carboxylic acids is 1. The highest BCUT2D eigenvalue weighted by Gasteiger charge is 2.30. The van der Waals surface area contributed by atoms with Gasteiger partial charge in [0.05, 0.1) is 33.3 Å². The fraction of sp³-hybridized carbons (Fsp3) is 0.211. The van der Waals surface area contributed by atoms with Gasteiger partial charge in [-0.05, 0) is 11.1 Å². The zero-order chi connectivity index (χ0) is 17.1. The lowest BCUT2D eigenvalue weighted by Crippen LogP contribution is -2.16. The van der Waals surface area contributed by atoms with Gasteiger partial charge in [-0.15, -0.1) is 0 Å². The van der Waals surface area contributed by atoms with E-state index in [0.717, 1.165) is 11.1 Å². The van der Waals surface area contributed by atoms with E-state index in [1.807, 2.05) is 36.4 Å². The molecule has 1 heterocycles. The van der Waals surface area contributed by atoms with Crippen LogP contribution in [0, 0.1) is 0 Å². The number of hydrogen-bond donors (Lipinski definition) is 0. The van der Waals surface area contributed by atoms with E-state index in [1.165, 1.54) is 7.11 Å². The quantitative estimate of drug-likeness (QED) is 0.635. The molecule has 1 aliphatic rings. The van der Waals surface area contributed by atoms with Gasteiger partial charge in [-0.25, -0.2) is 0 Å². The van der Waals surface area contributed by atoms with Crippen molar-refractivity contribution in [2.24, 2.45) is 0 Å². The molecule has 24 heavy (non-hydrogen) atoms. The maximum Gasteiger partial charge on any atom is 0.315 e. The molecule has 5 nitrogen and oxygen atoms in total. The first kappa shape index (κ1) is 15.9. The van der Waals surface area contributed by atoms with E-state index in [1.54, 1.807) is 20.3 Å². The summed E-state index contributed by atoms with van der Waals surface area (Å²) in [5.41, 5.74) is 2.51. The van der Waals surface area contributed by atoms with Gasteiger partial charge in [0.1, 0.15) is 5.75 Å². The Morgan fingerprint density at radius 3 is 2.33 bits per heavy atom. The van der Waals surface area contributed by atoms with Gasteiger partial charge >= 0.3 is 5.97 Å². The molecule has 0 amide bonds. The van der Waals surface area contributed by atoms with Crippen LogP contribution in [0.15, 0.2) is 36.4 Å². The molecular formula is C19H18O5. The van der Waals surface area contributed by atoms with Crippen LogP contribution in [0.1, 0.15) is 17.5 Å². The molecular weight excluding hydrogens is 308 g/mol. The minimum Gasteiger partial charge on any atom is -0.493 e. The van der Waals surface area contributed by atoms with Crippen molar-refractivity contribution >= 4 is 17.6 Å². The smallest absolute Gasteiger partial charge is 0.315 e. The number of benzene rings is 2. The lowest BCUT2D eigenvalue weighted by atomic mass is 9.95. The molecule has 5 heteroatoms. The Kier molecular flexibility index (Phi) is 4.42. The van der Waals surface area contributed by atoms with Crippen LogP contribution in [0.2, 0.25) is 0 Å².